The second kappa shape index (κ2) is 6.74. The van der Waals surface area contributed by atoms with Crippen molar-refractivity contribution in [2.45, 2.75) is 20.3 Å². The standard InChI is InChI=1S/C15H15ClN2O2S/c1-9-7-13(21-10(9)2)15(20)18-17-14(19)8-11-3-5-12(16)6-4-11/h3-7H,8H2,1-2H3,(H,17,19)(H,18,20). The average molecular weight is 323 g/mol. The zero-order valence-corrected chi connectivity index (χ0v) is 13.3. The van der Waals surface area contributed by atoms with Crippen LogP contribution in [0.5, 0.6) is 0 Å². The Hall–Kier alpha value is -1.85. The molecule has 1 heterocycles. The number of nitrogens with one attached hydrogen (secondary N) is 2. The number of hydrogen-bond donors (Lipinski definition) is 2. The molecule has 21 heavy (non-hydrogen) atoms. The largest absolute Gasteiger partial charge is 0.279 e. The van der Waals surface area contributed by atoms with Gasteiger partial charge in [0.25, 0.3) is 5.91 Å². The van der Waals surface area contributed by atoms with Gasteiger partial charge in [0.15, 0.2) is 0 Å². The van der Waals surface area contributed by atoms with Crippen molar-refractivity contribution in [3.05, 3.63) is 56.2 Å². The number of amides is 2. The van der Waals surface area contributed by atoms with E-state index in [1.165, 1.54) is 11.3 Å². The van der Waals surface area contributed by atoms with E-state index in [9.17, 15) is 9.59 Å². The van der Waals surface area contributed by atoms with Crippen LogP contribution < -0.4 is 10.9 Å². The smallest absolute Gasteiger partial charge is 0.273 e. The van der Waals surface area contributed by atoms with Crippen LogP contribution in [0.1, 0.15) is 25.7 Å². The third-order valence-corrected chi connectivity index (χ3v) is 4.39. The summed E-state index contributed by atoms with van der Waals surface area (Å²) in [7, 11) is 0. The maximum absolute atomic E-state index is 11.9. The minimum absolute atomic E-state index is 0.181. The molecule has 0 aliphatic rings. The quantitative estimate of drug-likeness (QED) is 0.853. The molecule has 0 radical (unpaired) electrons. The van der Waals surface area contributed by atoms with Crippen LogP contribution in [0.4, 0.5) is 0 Å². The molecule has 2 N–H and O–H groups in total. The van der Waals surface area contributed by atoms with Crippen LogP contribution in [-0.2, 0) is 11.2 Å². The van der Waals surface area contributed by atoms with Crippen molar-refractivity contribution in [2.24, 2.45) is 0 Å². The fraction of sp³-hybridized carbons (Fsp3) is 0.200. The van der Waals surface area contributed by atoms with E-state index >= 15 is 0 Å². The molecule has 6 heteroatoms. The van der Waals surface area contributed by atoms with Crippen molar-refractivity contribution in [3.8, 4) is 0 Å². The molecule has 1 aromatic carbocycles. The predicted octanol–water partition coefficient (Wildman–Crippen LogP) is 3.02. The number of rotatable bonds is 3. The zero-order valence-electron chi connectivity index (χ0n) is 11.7. The van der Waals surface area contributed by atoms with Crippen molar-refractivity contribution >= 4 is 34.8 Å². The van der Waals surface area contributed by atoms with E-state index in [-0.39, 0.29) is 18.2 Å². The summed E-state index contributed by atoms with van der Waals surface area (Å²) in [5.41, 5.74) is 6.72. The van der Waals surface area contributed by atoms with Gasteiger partial charge in [-0.1, -0.05) is 23.7 Å². The Morgan fingerprint density at radius 1 is 1.14 bits per heavy atom. The molecular weight excluding hydrogens is 308 g/mol. The Labute approximate surface area is 132 Å². The second-order valence-corrected chi connectivity index (χ2v) is 6.35. The normalized spacial score (nSPS) is 10.2. The lowest BCUT2D eigenvalue weighted by Gasteiger charge is -2.06. The lowest BCUT2D eigenvalue weighted by Crippen LogP contribution is -2.42. The molecule has 2 rings (SSSR count). The molecule has 2 aromatic rings. The van der Waals surface area contributed by atoms with E-state index in [4.69, 9.17) is 11.6 Å². The summed E-state index contributed by atoms with van der Waals surface area (Å²) in [6.45, 7) is 3.90. The number of thiophene rings is 1. The molecule has 1 aromatic heterocycles. The van der Waals surface area contributed by atoms with Crippen molar-refractivity contribution in [1.29, 1.82) is 0 Å². The molecule has 0 saturated heterocycles. The summed E-state index contributed by atoms with van der Waals surface area (Å²) in [6.07, 6.45) is 0.181. The van der Waals surface area contributed by atoms with E-state index in [0.29, 0.717) is 9.90 Å². The van der Waals surface area contributed by atoms with Crippen LogP contribution in [0, 0.1) is 13.8 Å². The third-order valence-electron chi connectivity index (χ3n) is 2.98. The van der Waals surface area contributed by atoms with Gasteiger partial charge in [0.05, 0.1) is 11.3 Å². The van der Waals surface area contributed by atoms with E-state index in [1.54, 1.807) is 30.3 Å². The summed E-state index contributed by atoms with van der Waals surface area (Å²) in [6, 6.07) is 8.80. The van der Waals surface area contributed by atoms with E-state index in [0.717, 1.165) is 16.0 Å². The number of aryl methyl sites for hydroxylation is 2. The Balaban J connectivity index is 1.86. The number of halogens is 1. The first-order valence-electron chi connectivity index (χ1n) is 6.36. The Kier molecular flexibility index (Phi) is 4.98. The first-order valence-corrected chi connectivity index (χ1v) is 7.56. The van der Waals surface area contributed by atoms with Gasteiger partial charge in [-0.25, -0.2) is 0 Å². The summed E-state index contributed by atoms with van der Waals surface area (Å²) < 4.78 is 0. The van der Waals surface area contributed by atoms with E-state index < -0.39 is 0 Å². The molecule has 0 aliphatic carbocycles. The highest BCUT2D eigenvalue weighted by Gasteiger charge is 2.11. The maximum atomic E-state index is 11.9. The minimum atomic E-state index is -0.305. The second-order valence-electron chi connectivity index (χ2n) is 4.66. The van der Waals surface area contributed by atoms with Crippen molar-refractivity contribution in [2.75, 3.05) is 0 Å². The minimum Gasteiger partial charge on any atom is -0.273 e. The lowest BCUT2D eigenvalue weighted by atomic mass is 10.1. The Morgan fingerprint density at radius 3 is 2.38 bits per heavy atom. The van der Waals surface area contributed by atoms with Gasteiger partial charge < -0.3 is 0 Å². The van der Waals surface area contributed by atoms with Crippen molar-refractivity contribution in [3.63, 3.8) is 0 Å². The molecule has 4 nitrogen and oxygen atoms in total. The first-order chi connectivity index (χ1) is 9.95. The molecule has 0 fully saturated rings. The number of benzene rings is 1. The van der Waals surface area contributed by atoms with Crippen molar-refractivity contribution < 1.29 is 9.59 Å². The number of carbonyl (C=O) groups excluding carboxylic acids is 2. The highest BCUT2D eigenvalue weighted by atomic mass is 35.5. The van der Waals surface area contributed by atoms with Gasteiger partial charge in [-0.15, -0.1) is 11.3 Å². The van der Waals surface area contributed by atoms with Gasteiger partial charge in [-0.2, -0.15) is 0 Å². The molecule has 0 aliphatic heterocycles. The first kappa shape index (κ1) is 15.5. The fourth-order valence-corrected chi connectivity index (χ4v) is 2.76. The van der Waals surface area contributed by atoms with Gasteiger partial charge in [0.2, 0.25) is 5.91 Å². The molecule has 110 valence electrons. The van der Waals surface area contributed by atoms with Crippen LogP contribution in [0.25, 0.3) is 0 Å². The van der Waals surface area contributed by atoms with E-state index in [1.807, 2.05) is 13.8 Å². The maximum Gasteiger partial charge on any atom is 0.279 e. The van der Waals surface area contributed by atoms with Gasteiger partial charge in [0.1, 0.15) is 0 Å². The van der Waals surface area contributed by atoms with Crippen LogP contribution in [0.3, 0.4) is 0 Å². The van der Waals surface area contributed by atoms with Gasteiger partial charge in [0, 0.05) is 9.90 Å². The number of carbonyl (C=O) groups is 2. The Bertz CT molecular complexity index is 645. The fourth-order valence-electron chi connectivity index (χ4n) is 1.70. The molecule has 0 bridgehead atoms. The molecular formula is C15H15ClN2O2S. The number of hydrazine groups is 1. The highest BCUT2D eigenvalue weighted by molar-refractivity contribution is 7.14. The van der Waals surface area contributed by atoms with Gasteiger partial charge >= 0.3 is 0 Å². The average Bonchev–Trinajstić information content (AvgIpc) is 2.79. The van der Waals surface area contributed by atoms with Crippen LogP contribution in [0.2, 0.25) is 5.02 Å². The molecule has 0 atom stereocenters. The summed E-state index contributed by atoms with van der Waals surface area (Å²) >= 11 is 7.18. The van der Waals surface area contributed by atoms with Gasteiger partial charge in [-0.05, 0) is 43.2 Å². The predicted molar refractivity (Wildman–Crippen MR) is 84.6 cm³/mol. The summed E-state index contributed by atoms with van der Waals surface area (Å²) in [5, 5.41) is 0.621. The number of hydrogen-bond acceptors (Lipinski definition) is 3. The van der Waals surface area contributed by atoms with Crippen molar-refractivity contribution in [1.82, 2.24) is 10.9 Å². The molecule has 0 unspecified atom stereocenters. The molecule has 2 amide bonds. The van der Waals surface area contributed by atoms with Crippen LogP contribution in [0.15, 0.2) is 30.3 Å². The summed E-state index contributed by atoms with van der Waals surface area (Å²) in [5.74, 6) is -0.587. The monoisotopic (exact) mass is 322 g/mol. The highest BCUT2D eigenvalue weighted by Crippen LogP contribution is 2.20. The van der Waals surface area contributed by atoms with Gasteiger partial charge in [-0.3, -0.25) is 20.4 Å². The molecule has 0 spiro atoms. The zero-order chi connectivity index (χ0) is 15.4. The SMILES string of the molecule is Cc1cc(C(=O)NNC(=O)Cc2ccc(Cl)cc2)sc1C. The van der Waals surface area contributed by atoms with Crippen LogP contribution in [-0.4, -0.2) is 11.8 Å². The summed E-state index contributed by atoms with van der Waals surface area (Å²) in [4.78, 5) is 25.3. The van der Waals surface area contributed by atoms with E-state index in [2.05, 4.69) is 10.9 Å². The third kappa shape index (κ3) is 4.31. The van der Waals surface area contributed by atoms with Crippen LogP contribution >= 0.6 is 22.9 Å². The topological polar surface area (TPSA) is 58.2 Å². The Morgan fingerprint density at radius 2 is 1.81 bits per heavy atom. The molecule has 0 saturated carbocycles. The lowest BCUT2D eigenvalue weighted by molar-refractivity contribution is -0.121.